The molecule has 5 nitrogen and oxygen atoms in total. The van der Waals surface area contributed by atoms with Gasteiger partial charge in [0, 0.05) is 5.56 Å². The Balaban J connectivity index is 1.71. The largest absolute Gasteiger partial charge is 0.467 e. The lowest BCUT2D eigenvalue weighted by Crippen LogP contribution is -2.25. The van der Waals surface area contributed by atoms with Crippen LogP contribution in [-0.2, 0) is 6.54 Å². The number of furan rings is 1. The fourth-order valence-electron chi connectivity index (χ4n) is 3.02. The molecular formula is C23H21N3O2. The number of aryl methyl sites for hydroxylation is 2. The van der Waals surface area contributed by atoms with E-state index in [0.29, 0.717) is 18.0 Å². The predicted molar refractivity (Wildman–Crippen MR) is 108 cm³/mol. The third kappa shape index (κ3) is 3.60. The van der Waals surface area contributed by atoms with Gasteiger partial charge < -0.3 is 9.73 Å². The summed E-state index contributed by atoms with van der Waals surface area (Å²) >= 11 is 0. The van der Waals surface area contributed by atoms with Crippen molar-refractivity contribution in [2.45, 2.75) is 20.4 Å². The van der Waals surface area contributed by atoms with Gasteiger partial charge in [-0.3, -0.25) is 4.79 Å². The number of carbonyl (C=O) groups excluding carboxylic acids is 1. The fraction of sp³-hybridized carbons (Fsp3) is 0.130. The quantitative estimate of drug-likeness (QED) is 0.554. The standard InChI is InChI=1S/C23H21N3O2/c1-16-10-11-18(13-17(16)2)21-14-22(23(27)24-15-20-9-6-12-28-20)26(25-21)19-7-4-3-5-8-19/h3-14H,15H2,1-2H3,(H,24,27). The number of benzene rings is 2. The average molecular weight is 371 g/mol. The molecule has 0 bridgehead atoms. The second kappa shape index (κ2) is 7.56. The zero-order valence-electron chi connectivity index (χ0n) is 15.8. The predicted octanol–water partition coefficient (Wildman–Crippen LogP) is 4.68. The van der Waals surface area contributed by atoms with Crippen molar-refractivity contribution in [3.63, 3.8) is 0 Å². The van der Waals surface area contributed by atoms with Gasteiger partial charge in [-0.25, -0.2) is 4.68 Å². The monoisotopic (exact) mass is 371 g/mol. The van der Waals surface area contributed by atoms with E-state index in [4.69, 9.17) is 9.52 Å². The molecule has 28 heavy (non-hydrogen) atoms. The molecule has 1 amide bonds. The molecule has 4 aromatic rings. The summed E-state index contributed by atoms with van der Waals surface area (Å²) in [5.41, 5.74) is 5.47. The van der Waals surface area contributed by atoms with Crippen LogP contribution in [0.4, 0.5) is 0 Å². The van der Waals surface area contributed by atoms with Crippen LogP contribution in [0, 0.1) is 13.8 Å². The molecule has 0 aliphatic carbocycles. The highest BCUT2D eigenvalue weighted by Crippen LogP contribution is 2.24. The Hall–Kier alpha value is -3.60. The Morgan fingerprint density at radius 3 is 2.54 bits per heavy atom. The topological polar surface area (TPSA) is 60.1 Å². The van der Waals surface area contributed by atoms with E-state index >= 15 is 0 Å². The molecule has 0 fully saturated rings. The summed E-state index contributed by atoms with van der Waals surface area (Å²) in [5, 5.41) is 7.62. The number of hydrogen-bond acceptors (Lipinski definition) is 3. The van der Waals surface area contributed by atoms with Crippen molar-refractivity contribution < 1.29 is 9.21 Å². The molecular weight excluding hydrogens is 350 g/mol. The summed E-state index contributed by atoms with van der Waals surface area (Å²) in [5.74, 6) is 0.497. The lowest BCUT2D eigenvalue weighted by atomic mass is 10.0. The van der Waals surface area contributed by atoms with E-state index in [1.807, 2.05) is 48.5 Å². The van der Waals surface area contributed by atoms with Crippen molar-refractivity contribution in [1.82, 2.24) is 15.1 Å². The van der Waals surface area contributed by atoms with E-state index in [-0.39, 0.29) is 5.91 Å². The molecule has 0 saturated heterocycles. The van der Waals surface area contributed by atoms with Crippen molar-refractivity contribution in [1.29, 1.82) is 0 Å². The van der Waals surface area contributed by atoms with Crippen molar-refractivity contribution >= 4 is 5.91 Å². The maximum atomic E-state index is 12.9. The Bertz CT molecular complexity index is 1100. The summed E-state index contributed by atoms with van der Waals surface area (Å²) in [4.78, 5) is 12.9. The van der Waals surface area contributed by atoms with Crippen molar-refractivity contribution in [3.05, 3.63) is 95.6 Å². The SMILES string of the molecule is Cc1ccc(-c2cc(C(=O)NCc3ccco3)n(-c3ccccc3)n2)cc1C. The van der Waals surface area contributed by atoms with Gasteiger partial charge in [0.25, 0.3) is 5.91 Å². The number of carbonyl (C=O) groups is 1. The van der Waals surface area contributed by atoms with Crippen LogP contribution >= 0.6 is 0 Å². The number of amides is 1. The maximum absolute atomic E-state index is 12.9. The lowest BCUT2D eigenvalue weighted by molar-refractivity contribution is 0.0940. The molecule has 0 atom stereocenters. The number of nitrogens with one attached hydrogen (secondary N) is 1. The minimum absolute atomic E-state index is 0.206. The third-order valence-electron chi connectivity index (χ3n) is 4.75. The van der Waals surface area contributed by atoms with E-state index < -0.39 is 0 Å². The van der Waals surface area contributed by atoms with Gasteiger partial charge in [0.2, 0.25) is 0 Å². The van der Waals surface area contributed by atoms with Crippen LogP contribution in [-0.4, -0.2) is 15.7 Å². The molecule has 140 valence electrons. The Labute approximate surface area is 163 Å². The molecule has 0 radical (unpaired) electrons. The van der Waals surface area contributed by atoms with Crippen LogP contribution < -0.4 is 5.32 Å². The van der Waals surface area contributed by atoms with Gasteiger partial charge in [-0.1, -0.05) is 30.3 Å². The highest BCUT2D eigenvalue weighted by Gasteiger charge is 2.18. The van der Waals surface area contributed by atoms with Gasteiger partial charge in [-0.2, -0.15) is 5.10 Å². The number of para-hydroxylation sites is 1. The Morgan fingerprint density at radius 1 is 1.00 bits per heavy atom. The molecule has 0 aliphatic rings. The van der Waals surface area contributed by atoms with Crippen molar-refractivity contribution in [2.75, 3.05) is 0 Å². The lowest BCUT2D eigenvalue weighted by Gasteiger charge is -2.07. The average Bonchev–Trinajstić information content (AvgIpc) is 3.39. The second-order valence-electron chi connectivity index (χ2n) is 6.72. The van der Waals surface area contributed by atoms with E-state index in [0.717, 1.165) is 16.9 Å². The maximum Gasteiger partial charge on any atom is 0.270 e. The fourth-order valence-corrected chi connectivity index (χ4v) is 3.02. The molecule has 0 aliphatic heterocycles. The molecule has 2 aromatic heterocycles. The molecule has 0 spiro atoms. The van der Waals surface area contributed by atoms with Gasteiger partial charge in [0.15, 0.2) is 0 Å². The smallest absolute Gasteiger partial charge is 0.270 e. The van der Waals surface area contributed by atoms with E-state index in [2.05, 4.69) is 31.3 Å². The van der Waals surface area contributed by atoms with Crippen LogP contribution in [0.2, 0.25) is 0 Å². The normalized spacial score (nSPS) is 10.8. The Kier molecular flexibility index (Phi) is 4.81. The summed E-state index contributed by atoms with van der Waals surface area (Å²) < 4.78 is 6.98. The first-order valence-corrected chi connectivity index (χ1v) is 9.15. The first-order chi connectivity index (χ1) is 13.6. The minimum Gasteiger partial charge on any atom is -0.467 e. The van der Waals surface area contributed by atoms with Gasteiger partial charge in [0.1, 0.15) is 11.5 Å². The van der Waals surface area contributed by atoms with Gasteiger partial charge in [0.05, 0.1) is 24.2 Å². The first kappa shape index (κ1) is 17.8. The number of nitrogens with zero attached hydrogens (tertiary/aromatic N) is 2. The molecule has 2 heterocycles. The minimum atomic E-state index is -0.206. The van der Waals surface area contributed by atoms with Gasteiger partial charge in [-0.15, -0.1) is 0 Å². The summed E-state index contributed by atoms with van der Waals surface area (Å²) in [6, 6.07) is 21.3. The van der Waals surface area contributed by atoms with E-state index in [1.54, 1.807) is 17.0 Å². The van der Waals surface area contributed by atoms with E-state index in [1.165, 1.54) is 11.1 Å². The van der Waals surface area contributed by atoms with Crippen LogP contribution in [0.3, 0.4) is 0 Å². The zero-order valence-corrected chi connectivity index (χ0v) is 15.8. The van der Waals surface area contributed by atoms with Crippen molar-refractivity contribution in [3.8, 4) is 16.9 Å². The van der Waals surface area contributed by atoms with Crippen LogP contribution in [0.5, 0.6) is 0 Å². The summed E-state index contributed by atoms with van der Waals surface area (Å²) in [6.45, 7) is 4.48. The van der Waals surface area contributed by atoms with Crippen LogP contribution in [0.15, 0.2) is 77.4 Å². The summed E-state index contributed by atoms with van der Waals surface area (Å²) in [7, 11) is 0. The van der Waals surface area contributed by atoms with E-state index in [9.17, 15) is 4.79 Å². The third-order valence-corrected chi connectivity index (χ3v) is 4.75. The number of aromatic nitrogens is 2. The molecule has 1 N–H and O–H groups in total. The molecule has 0 saturated carbocycles. The molecule has 2 aromatic carbocycles. The first-order valence-electron chi connectivity index (χ1n) is 9.15. The second-order valence-corrected chi connectivity index (χ2v) is 6.72. The highest BCUT2D eigenvalue weighted by atomic mass is 16.3. The Morgan fingerprint density at radius 2 is 1.82 bits per heavy atom. The van der Waals surface area contributed by atoms with Gasteiger partial charge in [-0.05, 0) is 61.4 Å². The molecule has 4 rings (SSSR count). The summed E-state index contributed by atoms with van der Waals surface area (Å²) in [6.07, 6.45) is 1.59. The zero-order chi connectivity index (χ0) is 19.5. The molecule has 5 heteroatoms. The highest BCUT2D eigenvalue weighted by molar-refractivity contribution is 5.94. The molecule has 0 unspecified atom stereocenters. The van der Waals surface area contributed by atoms with Crippen LogP contribution in [0.1, 0.15) is 27.4 Å². The number of hydrogen-bond donors (Lipinski definition) is 1. The number of rotatable bonds is 5. The van der Waals surface area contributed by atoms with Crippen LogP contribution in [0.25, 0.3) is 16.9 Å². The van der Waals surface area contributed by atoms with Gasteiger partial charge >= 0.3 is 0 Å². The van der Waals surface area contributed by atoms with Crippen molar-refractivity contribution in [2.24, 2.45) is 0 Å².